The van der Waals surface area contributed by atoms with E-state index in [1.807, 2.05) is 22.7 Å². The van der Waals surface area contributed by atoms with Crippen LogP contribution in [0, 0.1) is 6.92 Å². The lowest BCUT2D eigenvalue weighted by Gasteiger charge is -2.48. The molecule has 13 rings (SSSR count). The summed E-state index contributed by atoms with van der Waals surface area (Å²) >= 11 is 3.82. The largest absolute Gasteiger partial charge is 0.311 e. The van der Waals surface area contributed by atoms with E-state index in [0.29, 0.717) is 0 Å². The Morgan fingerprint density at radius 2 is 1.11 bits per heavy atom. The van der Waals surface area contributed by atoms with E-state index in [1.54, 1.807) is 0 Å². The standard InChI is InChI=1S/C71H69BN2S2/c1-13-19-51(66-43(2)50-20-14-16-24-63(50)75-66)44-26-31-49(32-27-44)74-60-42-56-55(70(9,10)36-37-71(56,11)12)41-58(60)72-57-35-30-46(68(3,4)5)38-59(57)73(61-39-47(69(6,7)8)40-62(74)65(61)72)48-33-28-45(29-34-48)52-22-18-23-54-53-21-15-17-25-64(53)76-67(52)54/h14-35,38-42H,13,36-37H2,1-12H3/b51-19-. The fourth-order valence-electron chi connectivity index (χ4n) is 13.0. The van der Waals surface area contributed by atoms with Crippen LogP contribution in [-0.4, -0.2) is 6.71 Å². The molecule has 0 atom stereocenters. The van der Waals surface area contributed by atoms with E-state index in [9.17, 15) is 0 Å². The molecule has 76 heavy (non-hydrogen) atoms. The van der Waals surface area contributed by atoms with E-state index in [-0.39, 0.29) is 28.4 Å². The molecule has 0 bridgehead atoms. The van der Waals surface area contributed by atoms with Gasteiger partial charge in [-0.25, -0.2) is 0 Å². The zero-order valence-corrected chi connectivity index (χ0v) is 48.1. The van der Waals surface area contributed by atoms with Crippen LogP contribution in [0.2, 0.25) is 0 Å². The molecule has 5 heteroatoms. The molecule has 0 fully saturated rings. The SMILES string of the molecule is CC/C=C(/c1ccc(N2c3cc4c(cc3B3c5ccc(C(C)(C)C)cc5N(c5ccc(-c6cccc7c6sc6ccccc67)cc5)c5cc(C(C)(C)C)cc2c53)C(C)(C)CCC4(C)C)cc1)c1sc2ccccc2c1C. The topological polar surface area (TPSA) is 6.48 Å². The zero-order valence-electron chi connectivity index (χ0n) is 46.5. The van der Waals surface area contributed by atoms with Crippen LogP contribution in [0.25, 0.3) is 47.0 Å². The van der Waals surface area contributed by atoms with Crippen LogP contribution < -0.4 is 26.2 Å². The lowest BCUT2D eigenvalue weighted by atomic mass is 9.33. The number of anilines is 6. The van der Waals surface area contributed by atoms with E-state index in [4.69, 9.17) is 0 Å². The average Bonchev–Trinajstić information content (AvgIpc) is 3.95. The minimum atomic E-state index is -0.132. The Labute approximate surface area is 459 Å². The van der Waals surface area contributed by atoms with E-state index < -0.39 is 0 Å². The molecule has 0 saturated carbocycles. The van der Waals surface area contributed by atoms with Crippen LogP contribution in [0.5, 0.6) is 0 Å². The first-order chi connectivity index (χ1) is 36.3. The minimum absolute atomic E-state index is 0.0239. The second-order valence-corrected chi connectivity index (χ2v) is 27.6. The van der Waals surface area contributed by atoms with Crippen molar-refractivity contribution in [2.45, 2.75) is 124 Å². The maximum Gasteiger partial charge on any atom is 0.252 e. The molecule has 0 radical (unpaired) electrons. The summed E-state index contributed by atoms with van der Waals surface area (Å²) in [5.41, 5.74) is 23.6. The van der Waals surface area contributed by atoms with Gasteiger partial charge in [-0.3, -0.25) is 0 Å². The molecule has 378 valence electrons. The summed E-state index contributed by atoms with van der Waals surface area (Å²) in [6.07, 6.45) is 5.72. The van der Waals surface area contributed by atoms with Crippen molar-refractivity contribution in [3.8, 4) is 11.1 Å². The number of fused-ring (bicyclic) bond motifs is 9. The van der Waals surface area contributed by atoms with Crippen LogP contribution in [0.3, 0.4) is 0 Å². The van der Waals surface area contributed by atoms with Gasteiger partial charge in [0, 0.05) is 63.9 Å². The van der Waals surface area contributed by atoms with E-state index in [2.05, 4.69) is 257 Å². The fraction of sp³-hybridized carbons (Fsp3) is 0.268. The van der Waals surface area contributed by atoms with Gasteiger partial charge < -0.3 is 9.80 Å². The zero-order chi connectivity index (χ0) is 52.8. The summed E-state index contributed by atoms with van der Waals surface area (Å²) in [5, 5.41) is 4.01. The van der Waals surface area contributed by atoms with Gasteiger partial charge in [-0.2, -0.15) is 0 Å². The number of rotatable bonds is 6. The molecule has 8 aromatic carbocycles. The van der Waals surface area contributed by atoms with Crippen LogP contribution in [0.1, 0.15) is 134 Å². The molecule has 0 unspecified atom stereocenters. The van der Waals surface area contributed by atoms with Gasteiger partial charge in [0.15, 0.2) is 0 Å². The monoisotopic (exact) mass is 1020 g/mol. The number of hydrogen-bond donors (Lipinski definition) is 0. The lowest BCUT2D eigenvalue weighted by Crippen LogP contribution is -2.62. The lowest BCUT2D eigenvalue weighted by molar-refractivity contribution is 0.332. The Balaban J connectivity index is 1.05. The summed E-state index contributed by atoms with van der Waals surface area (Å²) in [7, 11) is 0. The molecule has 0 saturated heterocycles. The van der Waals surface area contributed by atoms with Crippen molar-refractivity contribution in [2.24, 2.45) is 0 Å². The normalized spacial score (nSPS) is 15.8. The van der Waals surface area contributed by atoms with Gasteiger partial charge in [0.1, 0.15) is 0 Å². The molecule has 0 spiro atoms. The molecule has 0 N–H and O–H groups in total. The van der Waals surface area contributed by atoms with Crippen molar-refractivity contribution in [1.82, 2.24) is 0 Å². The predicted molar refractivity (Wildman–Crippen MR) is 335 cm³/mol. The second-order valence-electron chi connectivity index (χ2n) is 25.5. The minimum Gasteiger partial charge on any atom is -0.311 e. The number of aryl methyl sites for hydroxylation is 1. The van der Waals surface area contributed by atoms with Crippen molar-refractivity contribution in [2.75, 3.05) is 9.80 Å². The van der Waals surface area contributed by atoms with Crippen LogP contribution in [-0.2, 0) is 21.7 Å². The molecular weight excluding hydrogens is 956 g/mol. The van der Waals surface area contributed by atoms with Gasteiger partial charge in [-0.15, -0.1) is 22.7 Å². The van der Waals surface area contributed by atoms with E-state index >= 15 is 0 Å². The van der Waals surface area contributed by atoms with Crippen LogP contribution >= 0.6 is 22.7 Å². The summed E-state index contributed by atoms with van der Waals surface area (Å²) in [4.78, 5) is 6.66. The Bertz CT molecular complexity index is 4020. The molecule has 2 aliphatic heterocycles. The quantitative estimate of drug-likeness (QED) is 0.153. The third-order valence-corrected chi connectivity index (χ3v) is 20.1. The Hall–Kier alpha value is -6.66. The van der Waals surface area contributed by atoms with Crippen molar-refractivity contribution < 1.29 is 0 Å². The van der Waals surface area contributed by atoms with Gasteiger partial charge >= 0.3 is 0 Å². The van der Waals surface area contributed by atoms with Crippen LogP contribution in [0.15, 0.2) is 164 Å². The third kappa shape index (κ3) is 7.69. The molecule has 2 nitrogen and oxygen atoms in total. The molecule has 3 aliphatic rings. The third-order valence-electron chi connectivity index (χ3n) is 17.5. The van der Waals surface area contributed by atoms with Gasteiger partial charge in [0.2, 0.25) is 0 Å². The smallest absolute Gasteiger partial charge is 0.252 e. The predicted octanol–water partition coefficient (Wildman–Crippen LogP) is 19.1. The number of thiophene rings is 2. The number of allylic oxidation sites excluding steroid dienone is 1. The van der Waals surface area contributed by atoms with Gasteiger partial charge in [0.25, 0.3) is 6.71 Å². The van der Waals surface area contributed by atoms with Crippen LogP contribution in [0.4, 0.5) is 34.1 Å². The second kappa shape index (κ2) is 17.4. The van der Waals surface area contributed by atoms with Gasteiger partial charge in [-0.1, -0.05) is 179 Å². The Morgan fingerprint density at radius 1 is 0.553 bits per heavy atom. The van der Waals surface area contributed by atoms with E-state index in [1.165, 1.54) is 136 Å². The number of nitrogens with zero attached hydrogens (tertiary/aromatic N) is 2. The van der Waals surface area contributed by atoms with Crippen molar-refractivity contribution in [3.63, 3.8) is 0 Å². The fourth-order valence-corrected chi connectivity index (χ4v) is 15.5. The Kier molecular flexibility index (Phi) is 11.2. The molecular formula is C71H69BN2S2. The first-order valence-corrected chi connectivity index (χ1v) is 29.4. The molecule has 0 amide bonds. The van der Waals surface area contributed by atoms with Crippen molar-refractivity contribution in [1.29, 1.82) is 0 Å². The van der Waals surface area contributed by atoms with Crippen molar-refractivity contribution >= 4 is 116 Å². The highest BCUT2D eigenvalue weighted by atomic mass is 32.1. The molecule has 2 aromatic heterocycles. The van der Waals surface area contributed by atoms with E-state index in [0.717, 1.165) is 19.3 Å². The molecule has 4 heterocycles. The summed E-state index contributed by atoms with van der Waals surface area (Å²) in [6, 6.07) is 61.6. The summed E-state index contributed by atoms with van der Waals surface area (Å²) < 4.78 is 4.02. The first-order valence-electron chi connectivity index (χ1n) is 27.7. The van der Waals surface area contributed by atoms with Gasteiger partial charge in [-0.05, 0) is 180 Å². The Morgan fingerprint density at radius 3 is 1.72 bits per heavy atom. The highest BCUT2D eigenvalue weighted by Crippen LogP contribution is 2.52. The highest BCUT2D eigenvalue weighted by Gasteiger charge is 2.47. The molecule has 1 aliphatic carbocycles. The molecule has 10 aromatic rings. The number of benzene rings is 8. The van der Waals surface area contributed by atoms with Gasteiger partial charge in [0.05, 0.1) is 0 Å². The maximum atomic E-state index is 2.68. The number of hydrogen-bond acceptors (Lipinski definition) is 4. The van der Waals surface area contributed by atoms with Crippen molar-refractivity contribution in [3.05, 3.63) is 202 Å². The average molecular weight is 1030 g/mol. The maximum absolute atomic E-state index is 2.68. The summed E-state index contributed by atoms with van der Waals surface area (Å²) in [6.45, 7) is 28.7. The first kappa shape index (κ1) is 49.0. The summed E-state index contributed by atoms with van der Waals surface area (Å²) in [5.74, 6) is 0. The highest BCUT2D eigenvalue weighted by molar-refractivity contribution is 7.26.